The van der Waals surface area contributed by atoms with Crippen molar-refractivity contribution in [2.24, 2.45) is 11.5 Å². The van der Waals surface area contributed by atoms with Gasteiger partial charge in [0.15, 0.2) is 19.7 Å². The van der Waals surface area contributed by atoms with Crippen molar-refractivity contribution in [3.8, 4) is 5.75 Å². The minimum absolute atomic E-state index is 0.160. The summed E-state index contributed by atoms with van der Waals surface area (Å²) in [6, 6.07) is 13.7. The van der Waals surface area contributed by atoms with Crippen LogP contribution in [0.1, 0.15) is 71.5 Å². The first-order valence-electron chi connectivity index (χ1n) is 18.4. The number of amides is 2. The summed E-state index contributed by atoms with van der Waals surface area (Å²) in [6.07, 6.45) is 7.34. The number of nitrogens with one attached hydrogen (secondary N) is 2. The maximum Gasteiger partial charge on any atom is 0.252 e. The molecule has 17 heteroatoms. The molecule has 0 aliphatic carbocycles. The average molecular weight is 827 g/mol. The maximum atomic E-state index is 13.1. The van der Waals surface area contributed by atoms with Gasteiger partial charge in [0.25, 0.3) is 11.8 Å². The highest BCUT2D eigenvalue weighted by Gasteiger charge is 2.32. The number of sulfone groups is 2. The number of fused-ring (bicyclic) bond motifs is 3. The molecule has 1 aliphatic rings. The van der Waals surface area contributed by atoms with Gasteiger partial charge in [-0.05, 0) is 102 Å². The molecule has 0 unspecified atom stereocenters. The number of benzene rings is 3. The van der Waals surface area contributed by atoms with Crippen molar-refractivity contribution in [1.82, 2.24) is 19.7 Å². The lowest BCUT2D eigenvalue weighted by molar-refractivity contribution is 0.0992. The quantitative estimate of drug-likeness (QED) is 0.126. The van der Waals surface area contributed by atoms with Gasteiger partial charge in [-0.3, -0.25) is 19.6 Å². The fourth-order valence-electron chi connectivity index (χ4n) is 6.72. The number of pyridine rings is 2. The fourth-order valence-corrected chi connectivity index (χ4v) is 8.76. The predicted octanol–water partition coefficient (Wildman–Crippen LogP) is 6.29. The van der Waals surface area contributed by atoms with Crippen LogP contribution in [0.5, 0.6) is 5.75 Å². The first kappa shape index (κ1) is 41.6. The summed E-state index contributed by atoms with van der Waals surface area (Å²) in [5, 5.41) is 11.8. The summed E-state index contributed by atoms with van der Waals surface area (Å²) in [4.78, 5) is 33.2. The smallest absolute Gasteiger partial charge is 0.252 e. The Morgan fingerprint density at radius 1 is 0.845 bits per heavy atom. The largest absolute Gasteiger partial charge is 0.493 e. The van der Waals surface area contributed by atoms with E-state index in [0.29, 0.717) is 63.3 Å². The van der Waals surface area contributed by atoms with Gasteiger partial charge in [-0.1, -0.05) is 6.07 Å². The van der Waals surface area contributed by atoms with Gasteiger partial charge in [0.05, 0.1) is 60.9 Å². The van der Waals surface area contributed by atoms with E-state index in [0.717, 1.165) is 36.1 Å². The number of nitrogens with zero attached hydrogens (tertiary/aromatic N) is 4. The Labute approximate surface area is 337 Å². The minimum atomic E-state index is -3.60. The molecular formula is C41H46N8O7S2. The van der Waals surface area contributed by atoms with E-state index in [1.807, 2.05) is 25.1 Å². The lowest BCUT2D eigenvalue weighted by Crippen LogP contribution is -2.28. The highest BCUT2D eigenvalue weighted by atomic mass is 32.2. The third-order valence-corrected chi connectivity index (χ3v) is 13.4. The van der Waals surface area contributed by atoms with Crippen molar-refractivity contribution in [2.45, 2.75) is 75.5 Å². The summed E-state index contributed by atoms with van der Waals surface area (Å²) in [7, 11) is -7.05. The summed E-state index contributed by atoms with van der Waals surface area (Å²) in [6.45, 7) is 11.8. The highest BCUT2D eigenvalue weighted by molar-refractivity contribution is 7.92. The minimum Gasteiger partial charge on any atom is -0.493 e. The van der Waals surface area contributed by atoms with Crippen LogP contribution in [0.3, 0.4) is 0 Å². The predicted molar refractivity (Wildman–Crippen MR) is 225 cm³/mol. The van der Waals surface area contributed by atoms with Crippen LogP contribution < -0.4 is 26.8 Å². The van der Waals surface area contributed by atoms with Crippen LogP contribution in [0.25, 0.3) is 21.8 Å². The lowest BCUT2D eigenvalue weighted by Gasteiger charge is -2.22. The molecule has 1 aliphatic heterocycles. The van der Waals surface area contributed by atoms with Crippen LogP contribution >= 0.6 is 0 Å². The Morgan fingerprint density at radius 3 is 1.97 bits per heavy atom. The standard InChI is InChI=1S/C21H21N3O4S.C20H25N5O3S/c1-12-9-13(29(2,26)27)10-15-19(12)23-11-16(21(22)25)20(15)24-17-6-3-7-18-14(17)5-4-8-28-18;1-6-25-16(7-8-23-25)24-18-14-10-13(29(27,28)20(3,4)5)9-12(2)17(14)22-11-15(18)19(21)26/h3,6-7,9-11H,4-5,8H2,1-2H3,(H2,22,25)(H,23,24);7-11H,6H2,1-5H3,(H2,21,26)(H,22,24). The van der Waals surface area contributed by atoms with Gasteiger partial charge in [-0.2, -0.15) is 5.10 Å². The van der Waals surface area contributed by atoms with E-state index in [9.17, 15) is 26.4 Å². The summed E-state index contributed by atoms with van der Waals surface area (Å²) in [5.41, 5.74) is 16.8. The molecule has 0 bridgehead atoms. The zero-order valence-corrected chi connectivity index (χ0v) is 34.9. The van der Waals surface area contributed by atoms with Gasteiger partial charge in [-0.25, -0.2) is 21.5 Å². The molecule has 0 fully saturated rings. The van der Waals surface area contributed by atoms with Crippen LogP contribution in [-0.4, -0.2) is 66.0 Å². The number of nitrogens with two attached hydrogens (primary N) is 2. The molecule has 7 rings (SSSR count). The molecule has 3 aromatic heterocycles. The molecule has 0 saturated carbocycles. The number of rotatable bonds is 9. The number of carbonyl (C=O) groups excluding carboxylic acids is 2. The van der Waals surface area contributed by atoms with Crippen molar-refractivity contribution in [2.75, 3.05) is 23.5 Å². The molecule has 3 aromatic carbocycles. The van der Waals surface area contributed by atoms with Crippen LogP contribution in [0.4, 0.5) is 22.9 Å². The van der Waals surface area contributed by atoms with Gasteiger partial charge in [0.2, 0.25) is 0 Å². The number of anilines is 4. The first-order chi connectivity index (χ1) is 27.2. The topological polar surface area (TPSA) is 231 Å². The van der Waals surface area contributed by atoms with Crippen molar-refractivity contribution in [3.63, 3.8) is 0 Å². The molecule has 304 valence electrons. The average Bonchev–Trinajstić information content (AvgIpc) is 3.61. The Kier molecular flexibility index (Phi) is 11.2. The van der Waals surface area contributed by atoms with Gasteiger partial charge in [0, 0.05) is 53.3 Å². The SMILES string of the molecule is CCn1nccc1Nc1c(C(N)=O)cnc2c(C)cc(S(=O)(=O)C(C)(C)C)cc12.Cc1cc(S(C)(=O)=O)cc2c(Nc3cccc4c3CCCO4)c(C(N)=O)cnc12. The van der Waals surface area contributed by atoms with Gasteiger partial charge in [-0.15, -0.1) is 0 Å². The fraction of sp³-hybridized carbons (Fsp3) is 0.293. The molecule has 0 saturated heterocycles. The molecule has 2 amide bonds. The van der Waals surface area contributed by atoms with Crippen molar-refractivity contribution >= 4 is 76.2 Å². The molecule has 15 nitrogen and oxygen atoms in total. The number of hydrogen-bond donors (Lipinski definition) is 4. The van der Waals surface area contributed by atoms with E-state index in [4.69, 9.17) is 16.2 Å². The van der Waals surface area contributed by atoms with Crippen molar-refractivity contribution < 1.29 is 31.2 Å². The molecule has 0 atom stereocenters. The maximum absolute atomic E-state index is 13.1. The Balaban J connectivity index is 0.000000196. The summed E-state index contributed by atoms with van der Waals surface area (Å²) >= 11 is 0. The van der Waals surface area contributed by atoms with Crippen LogP contribution in [0.2, 0.25) is 0 Å². The molecule has 58 heavy (non-hydrogen) atoms. The number of primary amides is 2. The highest BCUT2D eigenvalue weighted by Crippen LogP contribution is 2.38. The van der Waals surface area contributed by atoms with Crippen LogP contribution in [-0.2, 0) is 32.6 Å². The molecular weight excluding hydrogens is 781 g/mol. The lowest BCUT2D eigenvalue weighted by atomic mass is 10.0. The van der Waals surface area contributed by atoms with Gasteiger partial charge in [0.1, 0.15) is 11.6 Å². The van der Waals surface area contributed by atoms with E-state index in [1.165, 1.54) is 18.5 Å². The van der Waals surface area contributed by atoms with Gasteiger partial charge >= 0.3 is 0 Å². The number of aryl methyl sites for hydroxylation is 3. The number of aromatic nitrogens is 4. The second kappa shape index (κ2) is 15.7. The van der Waals surface area contributed by atoms with Crippen LogP contribution in [0.15, 0.2) is 76.9 Å². The third-order valence-electron chi connectivity index (χ3n) is 9.84. The first-order valence-corrected chi connectivity index (χ1v) is 21.8. The summed E-state index contributed by atoms with van der Waals surface area (Å²) < 4.78 is 56.9. The van der Waals surface area contributed by atoms with Crippen molar-refractivity contribution in [1.29, 1.82) is 0 Å². The van der Waals surface area contributed by atoms with E-state index in [2.05, 4.69) is 25.7 Å². The molecule has 0 spiro atoms. The van der Waals surface area contributed by atoms with E-state index >= 15 is 0 Å². The van der Waals surface area contributed by atoms with Crippen LogP contribution in [0, 0.1) is 13.8 Å². The number of ether oxygens (including phenoxy) is 1. The zero-order valence-electron chi connectivity index (χ0n) is 33.3. The monoisotopic (exact) mass is 826 g/mol. The second-order valence-electron chi connectivity index (χ2n) is 15.0. The van der Waals surface area contributed by atoms with Gasteiger partial charge < -0.3 is 26.8 Å². The molecule has 0 radical (unpaired) electrons. The molecule has 6 N–H and O–H groups in total. The third kappa shape index (κ3) is 8.04. The number of hydrogen-bond acceptors (Lipinski definition) is 12. The molecule has 6 aromatic rings. The Morgan fingerprint density at radius 2 is 1.41 bits per heavy atom. The molecule has 4 heterocycles. The van der Waals surface area contributed by atoms with E-state index in [1.54, 1.807) is 69.8 Å². The number of carbonyl (C=O) groups is 2. The summed E-state index contributed by atoms with van der Waals surface area (Å²) in [5.74, 6) is 0.147. The van der Waals surface area contributed by atoms with E-state index < -0.39 is 36.2 Å². The zero-order chi connectivity index (χ0) is 42.3. The second-order valence-corrected chi connectivity index (χ2v) is 19.7. The Bertz CT molecular complexity index is 2850. The van der Waals surface area contributed by atoms with E-state index in [-0.39, 0.29) is 20.9 Å². The van der Waals surface area contributed by atoms with Crippen molar-refractivity contribution in [3.05, 3.63) is 94.9 Å². The Hall–Kier alpha value is -6.07. The normalized spacial score (nSPS) is 12.9.